The van der Waals surface area contributed by atoms with E-state index in [4.69, 9.17) is 9.40 Å². The van der Waals surface area contributed by atoms with Crippen molar-refractivity contribution in [2.45, 2.75) is 19.4 Å². The number of fused-ring (bicyclic) bond motifs is 1. The Balaban J connectivity index is 1.39. The number of nitrogens with zero attached hydrogens (tertiary/aromatic N) is 5. The average molecular weight is 465 g/mol. The highest BCUT2D eigenvalue weighted by Crippen LogP contribution is 2.27. The van der Waals surface area contributed by atoms with Crippen LogP contribution < -0.4 is 10.2 Å². The fraction of sp³-hybridized carbons (Fsp3) is 0.185. The van der Waals surface area contributed by atoms with E-state index in [2.05, 4.69) is 26.4 Å². The van der Waals surface area contributed by atoms with Gasteiger partial charge in [-0.05, 0) is 61.4 Å². The van der Waals surface area contributed by atoms with Crippen LogP contribution in [0, 0.1) is 0 Å². The lowest BCUT2D eigenvalue weighted by atomic mass is 10.1. The highest BCUT2D eigenvalue weighted by molar-refractivity contribution is 6.12. The molecule has 1 N–H and O–H groups in total. The third-order valence-corrected chi connectivity index (χ3v) is 6.27. The van der Waals surface area contributed by atoms with Gasteiger partial charge in [-0.25, -0.2) is 9.67 Å². The van der Waals surface area contributed by atoms with Crippen molar-refractivity contribution in [2.24, 2.45) is 0 Å². The van der Waals surface area contributed by atoms with Gasteiger partial charge in [0.05, 0.1) is 29.1 Å². The number of pyridine rings is 2. The normalized spacial score (nSPS) is 13.4. The van der Waals surface area contributed by atoms with Crippen LogP contribution >= 0.6 is 0 Å². The van der Waals surface area contributed by atoms with Gasteiger partial charge in [0.2, 0.25) is 0 Å². The molecule has 1 saturated heterocycles. The predicted molar refractivity (Wildman–Crippen MR) is 134 cm³/mol. The number of carbonyl (C=O) groups excluding carboxylic acids is 1. The van der Waals surface area contributed by atoms with Gasteiger partial charge >= 0.3 is 0 Å². The van der Waals surface area contributed by atoms with E-state index in [-0.39, 0.29) is 5.91 Å². The van der Waals surface area contributed by atoms with E-state index in [1.165, 1.54) is 12.8 Å². The van der Waals surface area contributed by atoms with Gasteiger partial charge in [0.15, 0.2) is 5.65 Å². The van der Waals surface area contributed by atoms with Crippen molar-refractivity contribution in [3.8, 4) is 11.3 Å². The van der Waals surface area contributed by atoms with Crippen molar-refractivity contribution in [3.05, 3.63) is 90.8 Å². The number of aromatic nitrogens is 4. The summed E-state index contributed by atoms with van der Waals surface area (Å²) in [7, 11) is 0. The predicted octanol–water partition coefficient (Wildman–Crippen LogP) is 4.99. The largest absolute Gasteiger partial charge is 0.467 e. The summed E-state index contributed by atoms with van der Waals surface area (Å²) in [5.41, 5.74) is 4.48. The third kappa shape index (κ3) is 4.26. The summed E-state index contributed by atoms with van der Waals surface area (Å²) in [5, 5.41) is 8.27. The Hall–Kier alpha value is -4.46. The van der Waals surface area contributed by atoms with E-state index in [0.717, 1.165) is 35.8 Å². The second-order valence-electron chi connectivity index (χ2n) is 8.61. The third-order valence-electron chi connectivity index (χ3n) is 6.27. The number of nitrogens with one attached hydrogen (secondary N) is 1. The first-order valence-corrected chi connectivity index (χ1v) is 11.7. The van der Waals surface area contributed by atoms with Crippen LogP contribution in [0.25, 0.3) is 22.3 Å². The van der Waals surface area contributed by atoms with Crippen LogP contribution in [0.4, 0.5) is 11.4 Å². The zero-order valence-corrected chi connectivity index (χ0v) is 19.1. The molecule has 5 heterocycles. The minimum Gasteiger partial charge on any atom is -0.467 e. The average Bonchev–Trinajstić information content (AvgIpc) is 3.68. The molecule has 1 fully saturated rings. The maximum Gasteiger partial charge on any atom is 0.256 e. The van der Waals surface area contributed by atoms with Crippen molar-refractivity contribution in [1.29, 1.82) is 0 Å². The molecule has 8 heteroatoms. The highest BCUT2D eigenvalue weighted by Gasteiger charge is 2.19. The van der Waals surface area contributed by atoms with Crippen molar-refractivity contribution >= 4 is 28.3 Å². The quantitative estimate of drug-likeness (QED) is 0.381. The van der Waals surface area contributed by atoms with Crippen LogP contribution in [-0.2, 0) is 6.54 Å². The molecule has 6 rings (SSSR count). The summed E-state index contributed by atoms with van der Waals surface area (Å²) in [6.45, 7) is 2.51. The number of hydrogen-bond donors (Lipinski definition) is 1. The Bertz CT molecular complexity index is 1470. The monoisotopic (exact) mass is 464 g/mol. The van der Waals surface area contributed by atoms with Gasteiger partial charge in [0, 0.05) is 42.4 Å². The van der Waals surface area contributed by atoms with Crippen LogP contribution in [0.1, 0.15) is 29.0 Å². The molecule has 0 saturated carbocycles. The number of carbonyl (C=O) groups is 1. The zero-order valence-electron chi connectivity index (χ0n) is 19.1. The van der Waals surface area contributed by atoms with Crippen LogP contribution in [0.5, 0.6) is 0 Å². The smallest absolute Gasteiger partial charge is 0.256 e. The Labute approximate surface area is 202 Å². The lowest BCUT2D eigenvalue weighted by molar-refractivity contribution is 0.102. The number of anilines is 2. The molecule has 1 amide bonds. The molecule has 0 bridgehead atoms. The summed E-state index contributed by atoms with van der Waals surface area (Å²) in [5.74, 6) is 0.548. The molecule has 0 radical (unpaired) electrons. The number of hydrogen-bond acceptors (Lipinski definition) is 6. The second kappa shape index (κ2) is 9.06. The van der Waals surface area contributed by atoms with E-state index in [9.17, 15) is 4.79 Å². The van der Waals surface area contributed by atoms with E-state index < -0.39 is 0 Å². The molecular weight excluding hydrogens is 440 g/mol. The van der Waals surface area contributed by atoms with E-state index in [0.29, 0.717) is 28.8 Å². The molecule has 0 atom stereocenters. The van der Waals surface area contributed by atoms with E-state index in [1.807, 2.05) is 42.5 Å². The number of rotatable bonds is 6. The summed E-state index contributed by atoms with van der Waals surface area (Å²) < 4.78 is 7.25. The lowest BCUT2D eigenvalue weighted by Gasteiger charge is -2.18. The van der Waals surface area contributed by atoms with Crippen LogP contribution in [-0.4, -0.2) is 38.7 Å². The molecule has 0 spiro atoms. The van der Waals surface area contributed by atoms with E-state index in [1.54, 1.807) is 35.6 Å². The Kier molecular flexibility index (Phi) is 5.46. The Morgan fingerprint density at radius 3 is 2.74 bits per heavy atom. The number of benzene rings is 1. The van der Waals surface area contributed by atoms with Crippen molar-refractivity contribution < 1.29 is 9.21 Å². The first kappa shape index (κ1) is 21.1. The van der Waals surface area contributed by atoms with Gasteiger partial charge in [-0.2, -0.15) is 5.10 Å². The fourth-order valence-corrected chi connectivity index (χ4v) is 4.52. The van der Waals surface area contributed by atoms with Crippen molar-refractivity contribution in [3.63, 3.8) is 0 Å². The minimum absolute atomic E-state index is 0.210. The van der Waals surface area contributed by atoms with Gasteiger partial charge in [-0.1, -0.05) is 6.07 Å². The molecule has 0 aliphatic carbocycles. The lowest BCUT2D eigenvalue weighted by Crippen LogP contribution is -2.18. The molecule has 1 aromatic carbocycles. The molecule has 1 aliphatic heterocycles. The van der Waals surface area contributed by atoms with Crippen LogP contribution in [0.2, 0.25) is 0 Å². The van der Waals surface area contributed by atoms with Gasteiger partial charge in [-0.3, -0.25) is 9.78 Å². The highest BCUT2D eigenvalue weighted by atomic mass is 16.3. The standard InChI is InChI=1S/C27H24N6O2/c34-27(30-20-7-3-8-21(14-20)32-11-1-2-12-32)23-15-25(19-6-4-10-28-16-19)31-26-24(23)17-29-33(26)18-22-9-5-13-35-22/h3-10,13-17H,1-2,11-12,18H2,(H,30,34). The molecule has 1 aliphatic rings. The molecule has 35 heavy (non-hydrogen) atoms. The second-order valence-corrected chi connectivity index (χ2v) is 8.61. The van der Waals surface area contributed by atoms with Gasteiger partial charge < -0.3 is 14.6 Å². The SMILES string of the molecule is O=C(Nc1cccc(N2CCCC2)c1)c1cc(-c2cccnc2)nc2c1cnn2Cc1ccco1. The van der Waals surface area contributed by atoms with Gasteiger partial charge in [0.1, 0.15) is 12.3 Å². The van der Waals surface area contributed by atoms with E-state index >= 15 is 0 Å². The number of furan rings is 1. The van der Waals surface area contributed by atoms with Crippen LogP contribution in [0.15, 0.2) is 83.9 Å². The first-order valence-electron chi connectivity index (χ1n) is 11.7. The summed E-state index contributed by atoms with van der Waals surface area (Å²) in [6.07, 6.45) is 9.17. The maximum absolute atomic E-state index is 13.5. The Morgan fingerprint density at radius 1 is 1.03 bits per heavy atom. The molecule has 4 aromatic heterocycles. The first-order chi connectivity index (χ1) is 17.2. The molecular formula is C27H24N6O2. The summed E-state index contributed by atoms with van der Waals surface area (Å²) >= 11 is 0. The van der Waals surface area contributed by atoms with Gasteiger partial charge in [-0.15, -0.1) is 0 Å². The molecule has 174 valence electrons. The molecule has 5 aromatic rings. The Morgan fingerprint density at radius 2 is 1.94 bits per heavy atom. The number of amides is 1. The van der Waals surface area contributed by atoms with Crippen LogP contribution in [0.3, 0.4) is 0 Å². The van der Waals surface area contributed by atoms with Gasteiger partial charge in [0.25, 0.3) is 5.91 Å². The minimum atomic E-state index is -0.210. The van der Waals surface area contributed by atoms with Crippen molar-refractivity contribution in [2.75, 3.05) is 23.3 Å². The maximum atomic E-state index is 13.5. The van der Waals surface area contributed by atoms with Crippen molar-refractivity contribution in [1.82, 2.24) is 19.7 Å². The fourth-order valence-electron chi connectivity index (χ4n) is 4.52. The topological polar surface area (TPSA) is 89.1 Å². The summed E-state index contributed by atoms with van der Waals surface area (Å²) in [6, 6.07) is 17.3. The molecule has 0 unspecified atom stereocenters. The molecule has 8 nitrogen and oxygen atoms in total. The zero-order chi connectivity index (χ0) is 23.6. The summed E-state index contributed by atoms with van der Waals surface area (Å²) in [4.78, 5) is 24.9.